The molecule has 2 aromatic carbocycles. The number of unbranched alkanes of at least 4 members (excludes halogenated alkanes) is 1. The summed E-state index contributed by atoms with van der Waals surface area (Å²) in [5, 5.41) is 15.4. The van der Waals surface area contributed by atoms with Gasteiger partial charge in [0.15, 0.2) is 0 Å². The smallest absolute Gasteiger partial charge is 0.248 e. The second-order valence-electron chi connectivity index (χ2n) is 10.4. The highest BCUT2D eigenvalue weighted by Gasteiger charge is 2.75. The Balaban J connectivity index is 1.43. The van der Waals surface area contributed by atoms with Gasteiger partial charge in [0.2, 0.25) is 17.7 Å². The molecule has 2 aromatic rings. The lowest BCUT2D eigenvalue weighted by molar-refractivity contribution is -0.139. The maximum atomic E-state index is 14.0. The quantitative estimate of drug-likeness (QED) is 0.402. The van der Waals surface area contributed by atoms with E-state index in [1.165, 1.54) is 0 Å². The molecular weight excluding hydrogens is 502 g/mol. The van der Waals surface area contributed by atoms with Crippen molar-refractivity contribution in [2.45, 2.75) is 48.8 Å². The summed E-state index contributed by atoms with van der Waals surface area (Å²) in [5.41, 5.74) is 1.63. The summed E-state index contributed by atoms with van der Waals surface area (Å²) in [7, 11) is 1.59. The normalized spacial score (nSPS) is 29.3. The molecule has 202 valence electrons. The zero-order valence-electron chi connectivity index (χ0n) is 21.8. The second-order valence-corrected chi connectivity index (χ2v) is 12.0. The topological polar surface area (TPSA) is 108 Å². The lowest BCUT2D eigenvalue weighted by atomic mass is 9.66. The van der Waals surface area contributed by atoms with Crippen LogP contribution in [0.25, 0.3) is 0 Å². The highest BCUT2D eigenvalue weighted by atomic mass is 32.2. The van der Waals surface area contributed by atoms with Gasteiger partial charge in [0.1, 0.15) is 11.8 Å². The van der Waals surface area contributed by atoms with Crippen molar-refractivity contribution in [3.05, 3.63) is 60.2 Å². The molecule has 3 saturated heterocycles. The molecule has 2 bridgehead atoms. The number of nitrogens with zero attached hydrogens (tertiary/aromatic N) is 1. The van der Waals surface area contributed by atoms with E-state index in [1.54, 1.807) is 48.0 Å². The van der Waals surface area contributed by atoms with E-state index in [-0.39, 0.29) is 35.5 Å². The SMILES string of the molecule is COc1ccc(NC(=O)C2N(CCCCO)C(=O)[C@@H]3[C@@H](C(=O)NCc4ccccc4)[C@H]4CC(C)C23S4)cc1. The lowest BCUT2D eigenvalue weighted by Crippen LogP contribution is -2.55. The summed E-state index contributed by atoms with van der Waals surface area (Å²) < 4.78 is 4.55. The molecule has 3 fully saturated rings. The first-order chi connectivity index (χ1) is 18.4. The monoisotopic (exact) mass is 537 g/mol. The molecule has 8 nitrogen and oxygen atoms in total. The van der Waals surface area contributed by atoms with Crippen LogP contribution >= 0.6 is 11.8 Å². The Kier molecular flexibility index (Phi) is 7.68. The molecule has 3 aliphatic rings. The third-order valence-corrected chi connectivity index (χ3v) is 10.3. The van der Waals surface area contributed by atoms with E-state index in [0.29, 0.717) is 37.4 Å². The lowest BCUT2D eigenvalue weighted by Gasteiger charge is -2.38. The van der Waals surface area contributed by atoms with Crippen LogP contribution in [0.5, 0.6) is 5.75 Å². The first-order valence-electron chi connectivity index (χ1n) is 13.3. The number of aliphatic hydroxyl groups is 1. The zero-order chi connectivity index (χ0) is 26.9. The minimum absolute atomic E-state index is 0.00870. The van der Waals surface area contributed by atoms with Crippen molar-refractivity contribution >= 4 is 35.2 Å². The molecule has 1 spiro atoms. The fraction of sp³-hybridized carbons (Fsp3) is 0.483. The number of carbonyl (C=O) groups is 3. The van der Waals surface area contributed by atoms with Crippen molar-refractivity contribution in [2.75, 3.05) is 25.6 Å². The molecule has 38 heavy (non-hydrogen) atoms. The molecule has 3 unspecified atom stereocenters. The minimum atomic E-state index is -0.697. The second kappa shape index (κ2) is 11.0. The number of fused-ring (bicyclic) bond motifs is 1. The maximum Gasteiger partial charge on any atom is 0.248 e. The van der Waals surface area contributed by atoms with Gasteiger partial charge in [-0.15, -0.1) is 11.8 Å². The van der Waals surface area contributed by atoms with Crippen LogP contribution in [0.4, 0.5) is 5.69 Å². The summed E-state index contributed by atoms with van der Waals surface area (Å²) in [5.74, 6) is -0.737. The van der Waals surface area contributed by atoms with E-state index in [0.717, 1.165) is 12.0 Å². The number of likely N-dealkylation sites (tertiary alicyclic amines) is 1. The zero-order valence-corrected chi connectivity index (χ0v) is 22.6. The van der Waals surface area contributed by atoms with Crippen LogP contribution in [0.3, 0.4) is 0 Å². The highest BCUT2D eigenvalue weighted by Crippen LogP contribution is 2.68. The van der Waals surface area contributed by atoms with Crippen LogP contribution in [0.15, 0.2) is 54.6 Å². The van der Waals surface area contributed by atoms with Crippen molar-refractivity contribution in [2.24, 2.45) is 17.8 Å². The number of aliphatic hydroxyl groups excluding tert-OH is 1. The Labute approximate surface area is 227 Å². The summed E-state index contributed by atoms with van der Waals surface area (Å²) in [6, 6.07) is 16.1. The van der Waals surface area contributed by atoms with Gasteiger partial charge in [-0.3, -0.25) is 14.4 Å². The maximum absolute atomic E-state index is 14.0. The Morgan fingerprint density at radius 1 is 1.11 bits per heavy atom. The Bertz CT molecular complexity index is 1180. The predicted molar refractivity (Wildman–Crippen MR) is 147 cm³/mol. The first-order valence-corrected chi connectivity index (χ1v) is 14.1. The van der Waals surface area contributed by atoms with Crippen molar-refractivity contribution in [1.29, 1.82) is 0 Å². The number of ether oxygens (including phenoxy) is 1. The molecule has 3 aliphatic heterocycles. The Morgan fingerprint density at radius 3 is 2.53 bits per heavy atom. The third-order valence-electron chi connectivity index (χ3n) is 8.27. The number of amides is 3. The van der Waals surface area contributed by atoms with Gasteiger partial charge in [0, 0.05) is 30.6 Å². The number of hydrogen-bond acceptors (Lipinski definition) is 6. The molecule has 3 amide bonds. The number of carbonyl (C=O) groups excluding carboxylic acids is 3. The summed E-state index contributed by atoms with van der Waals surface area (Å²) >= 11 is 1.66. The molecule has 0 radical (unpaired) electrons. The first kappa shape index (κ1) is 26.6. The predicted octanol–water partition coefficient (Wildman–Crippen LogP) is 3.06. The van der Waals surface area contributed by atoms with Gasteiger partial charge in [-0.25, -0.2) is 0 Å². The third kappa shape index (κ3) is 4.56. The number of thioether (sulfide) groups is 1. The van der Waals surface area contributed by atoms with Crippen LogP contribution in [0.1, 0.15) is 31.7 Å². The summed E-state index contributed by atoms with van der Waals surface area (Å²) in [6.45, 7) is 2.90. The standard InChI is InChI=1S/C29H35N3O5S/c1-18-16-22-23(26(34)30-17-19-8-4-3-5-9-19)24-28(36)32(14-6-7-15-33)25(29(18,24)38-22)27(35)31-20-10-12-21(37-2)13-11-20/h3-5,8-13,18,22-25,33H,6-7,14-17H2,1-2H3,(H,30,34)(H,31,35)/t18?,22-,23+,24+,25?,29?/m1/s1. The van der Waals surface area contributed by atoms with Gasteiger partial charge >= 0.3 is 0 Å². The summed E-state index contributed by atoms with van der Waals surface area (Å²) in [6.07, 6.45) is 1.92. The van der Waals surface area contributed by atoms with Crippen LogP contribution in [0.2, 0.25) is 0 Å². The number of nitrogens with one attached hydrogen (secondary N) is 2. The number of anilines is 1. The van der Waals surface area contributed by atoms with Crippen LogP contribution in [-0.4, -0.2) is 64.0 Å². The van der Waals surface area contributed by atoms with Crippen LogP contribution < -0.4 is 15.4 Å². The van der Waals surface area contributed by atoms with Gasteiger partial charge in [0.25, 0.3) is 0 Å². The Hall–Kier alpha value is -3.04. The molecule has 3 N–H and O–H groups in total. The number of benzene rings is 2. The van der Waals surface area contributed by atoms with Gasteiger partial charge < -0.3 is 25.4 Å². The molecule has 5 rings (SSSR count). The molecule has 0 aromatic heterocycles. The average Bonchev–Trinajstić information content (AvgIpc) is 3.52. The molecular formula is C29H35N3O5S. The van der Waals surface area contributed by atoms with Gasteiger partial charge in [-0.1, -0.05) is 37.3 Å². The number of rotatable bonds is 10. The van der Waals surface area contributed by atoms with E-state index in [1.807, 2.05) is 30.3 Å². The minimum Gasteiger partial charge on any atom is -0.497 e. The van der Waals surface area contributed by atoms with Gasteiger partial charge in [-0.2, -0.15) is 0 Å². The molecule has 9 heteroatoms. The van der Waals surface area contributed by atoms with E-state index in [2.05, 4.69) is 17.6 Å². The van der Waals surface area contributed by atoms with Crippen LogP contribution in [-0.2, 0) is 20.9 Å². The van der Waals surface area contributed by atoms with Gasteiger partial charge in [-0.05, 0) is 55.0 Å². The molecule has 3 heterocycles. The van der Waals surface area contributed by atoms with Crippen molar-refractivity contribution in [3.8, 4) is 5.75 Å². The fourth-order valence-electron chi connectivity index (χ4n) is 6.54. The number of hydrogen-bond donors (Lipinski definition) is 3. The molecule has 0 aliphatic carbocycles. The van der Waals surface area contributed by atoms with Gasteiger partial charge in [0.05, 0.1) is 23.7 Å². The highest BCUT2D eigenvalue weighted by molar-refractivity contribution is 8.02. The average molecular weight is 538 g/mol. The Morgan fingerprint density at radius 2 is 1.84 bits per heavy atom. The molecule has 0 saturated carbocycles. The largest absolute Gasteiger partial charge is 0.497 e. The van der Waals surface area contributed by atoms with Crippen molar-refractivity contribution in [3.63, 3.8) is 0 Å². The van der Waals surface area contributed by atoms with E-state index in [9.17, 15) is 19.5 Å². The van der Waals surface area contributed by atoms with E-state index in [4.69, 9.17) is 4.74 Å². The molecule has 6 atom stereocenters. The van der Waals surface area contributed by atoms with E-state index >= 15 is 0 Å². The summed E-state index contributed by atoms with van der Waals surface area (Å²) in [4.78, 5) is 43.2. The number of methoxy groups -OCH3 is 1. The van der Waals surface area contributed by atoms with Crippen LogP contribution in [0, 0.1) is 17.8 Å². The van der Waals surface area contributed by atoms with Crippen molar-refractivity contribution < 1.29 is 24.2 Å². The fourth-order valence-corrected chi connectivity index (χ4v) is 8.96. The van der Waals surface area contributed by atoms with Crippen molar-refractivity contribution in [1.82, 2.24) is 10.2 Å². The van der Waals surface area contributed by atoms with E-state index < -0.39 is 22.6 Å².